The molecule has 0 saturated carbocycles. The Labute approximate surface area is 125 Å². The Morgan fingerprint density at radius 3 is 3.10 bits per heavy atom. The monoisotopic (exact) mass is 293 g/mol. The average Bonchev–Trinajstić information content (AvgIpc) is 2.48. The van der Waals surface area contributed by atoms with Crippen LogP contribution in [0.4, 0.5) is 11.5 Å². The molecule has 2 N–H and O–H groups in total. The van der Waals surface area contributed by atoms with Crippen LogP contribution >= 0.6 is 0 Å². The minimum Gasteiger partial charge on any atom is -0.462 e. The molecule has 0 bridgehead atoms. The minimum absolute atomic E-state index is 0.329. The number of hydrogen-bond donors (Lipinski definition) is 1. The fourth-order valence-electron chi connectivity index (χ4n) is 2.73. The lowest BCUT2D eigenvalue weighted by Gasteiger charge is -2.34. The van der Waals surface area contributed by atoms with Crippen molar-refractivity contribution in [3.05, 3.63) is 17.8 Å². The topological polar surface area (TPSA) is 77.7 Å². The second kappa shape index (κ2) is 7.26. The van der Waals surface area contributed by atoms with E-state index in [1.807, 2.05) is 0 Å². The van der Waals surface area contributed by atoms with E-state index in [4.69, 9.17) is 15.2 Å². The quantitative estimate of drug-likeness (QED) is 0.833. The molecule has 0 amide bonds. The molecule has 0 aromatic carbocycles. The summed E-state index contributed by atoms with van der Waals surface area (Å²) in [5.41, 5.74) is 6.91. The summed E-state index contributed by atoms with van der Waals surface area (Å²) in [7, 11) is 1.72. The van der Waals surface area contributed by atoms with Gasteiger partial charge in [-0.1, -0.05) is 0 Å². The first-order chi connectivity index (χ1) is 10.2. The standard InChI is InChI=1S/C15H23N3O3/c1-3-21-15(19)12-6-7-17-14(13(12)16)18-8-4-5-11(9-18)10-20-2/h6-7,11H,3-5,8-10,16H2,1-2H3. The molecular weight excluding hydrogens is 270 g/mol. The van der Waals surface area contributed by atoms with Gasteiger partial charge in [-0.25, -0.2) is 9.78 Å². The van der Waals surface area contributed by atoms with Gasteiger partial charge in [-0.2, -0.15) is 0 Å². The number of nitrogens with two attached hydrogens (primary N) is 1. The molecule has 1 saturated heterocycles. The lowest BCUT2D eigenvalue weighted by atomic mass is 9.98. The highest BCUT2D eigenvalue weighted by molar-refractivity contribution is 5.97. The highest BCUT2D eigenvalue weighted by Crippen LogP contribution is 2.28. The van der Waals surface area contributed by atoms with Crippen molar-refractivity contribution < 1.29 is 14.3 Å². The largest absolute Gasteiger partial charge is 0.462 e. The summed E-state index contributed by atoms with van der Waals surface area (Å²) in [6.45, 7) is 4.57. The van der Waals surface area contributed by atoms with E-state index < -0.39 is 5.97 Å². The predicted octanol–water partition coefficient (Wildman–Crippen LogP) is 1.70. The van der Waals surface area contributed by atoms with Crippen LogP contribution in [0.2, 0.25) is 0 Å². The first kappa shape index (κ1) is 15.6. The number of carbonyl (C=O) groups is 1. The van der Waals surface area contributed by atoms with Crippen LogP contribution in [-0.4, -0.2) is 44.4 Å². The van der Waals surface area contributed by atoms with Crippen LogP contribution in [0.15, 0.2) is 12.3 Å². The van der Waals surface area contributed by atoms with Crippen LogP contribution in [0, 0.1) is 5.92 Å². The Morgan fingerprint density at radius 1 is 1.57 bits per heavy atom. The number of carbonyl (C=O) groups excluding carboxylic acids is 1. The van der Waals surface area contributed by atoms with Gasteiger partial charge in [0.2, 0.25) is 0 Å². The summed E-state index contributed by atoms with van der Waals surface area (Å²) in [6.07, 6.45) is 3.82. The number of piperidine rings is 1. The van der Waals surface area contributed by atoms with E-state index in [1.165, 1.54) is 0 Å². The minimum atomic E-state index is -0.399. The van der Waals surface area contributed by atoms with Crippen LogP contribution in [-0.2, 0) is 9.47 Å². The van der Waals surface area contributed by atoms with E-state index >= 15 is 0 Å². The Morgan fingerprint density at radius 2 is 2.38 bits per heavy atom. The molecule has 2 rings (SSSR count). The Kier molecular flexibility index (Phi) is 5.38. The summed E-state index contributed by atoms with van der Waals surface area (Å²) in [5, 5.41) is 0. The Bertz CT molecular complexity index is 491. The van der Waals surface area contributed by atoms with Crippen LogP contribution in [0.25, 0.3) is 0 Å². The zero-order valence-corrected chi connectivity index (χ0v) is 12.7. The third-order valence-electron chi connectivity index (χ3n) is 3.69. The molecule has 1 aromatic heterocycles. The number of pyridine rings is 1. The zero-order valence-electron chi connectivity index (χ0n) is 12.7. The molecule has 0 radical (unpaired) electrons. The Balaban J connectivity index is 2.19. The summed E-state index contributed by atoms with van der Waals surface area (Å²) >= 11 is 0. The van der Waals surface area contributed by atoms with E-state index in [0.717, 1.165) is 32.5 Å². The van der Waals surface area contributed by atoms with Gasteiger partial charge in [-0.3, -0.25) is 0 Å². The van der Waals surface area contributed by atoms with Gasteiger partial charge in [0.25, 0.3) is 0 Å². The predicted molar refractivity (Wildman–Crippen MR) is 81.4 cm³/mol. The van der Waals surface area contributed by atoms with Gasteiger partial charge in [-0.15, -0.1) is 0 Å². The van der Waals surface area contributed by atoms with Gasteiger partial charge < -0.3 is 20.1 Å². The van der Waals surface area contributed by atoms with Gasteiger partial charge in [0.05, 0.1) is 24.5 Å². The number of nitrogens with zero attached hydrogens (tertiary/aromatic N) is 2. The van der Waals surface area contributed by atoms with E-state index in [9.17, 15) is 4.79 Å². The number of methoxy groups -OCH3 is 1. The van der Waals surface area contributed by atoms with Crippen molar-refractivity contribution in [2.45, 2.75) is 19.8 Å². The number of ether oxygens (including phenoxy) is 2. The van der Waals surface area contributed by atoms with Crippen molar-refractivity contribution >= 4 is 17.5 Å². The summed E-state index contributed by atoms with van der Waals surface area (Å²) in [5.74, 6) is 0.738. The molecule has 0 spiro atoms. The number of anilines is 2. The van der Waals surface area contributed by atoms with Crippen molar-refractivity contribution in [1.82, 2.24) is 4.98 Å². The maximum atomic E-state index is 11.9. The molecule has 1 fully saturated rings. The van der Waals surface area contributed by atoms with Gasteiger partial charge in [0, 0.05) is 26.4 Å². The maximum Gasteiger partial charge on any atom is 0.340 e. The molecule has 1 atom stereocenters. The molecule has 1 aliphatic heterocycles. The maximum absolute atomic E-state index is 11.9. The number of nitrogen functional groups attached to an aromatic ring is 1. The SMILES string of the molecule is CCOC(=O)c1ccnc(N2CCCC(COC)C2)c1N. The van der Waals surface area contributed by atoms with Crippen LogP contribution in [0.5, 0.6) is 0 Å². The van der Waals surface area contributed by atoms with Crippen molar-refractivity contribution in [2.24, 2.45) is 5.92 Å². The molecule has 6 nitrogen and oxygen atoms in total. The van der Waals surface area contributed by atoms with Crippen molar-refractivity contribution in [3.8, 4) is 0 Å². The first-order valence-corrected chi connectivity index (χ1v) is 7.32. The highest BCUT2D eigenvalue weighted by atomic mass is 16.5. The highest BCUT2D eigenvalue weighted by Gasteiger charge is 2.24. The first-order valence-electron chi connectivity index (χ1n) is 7.32. The fourth-order valence-corrected chi connectivity index (χ4v) is 2.73. The summed E-state index contributed by atoms with van der Waals surface area (Å²) < 4.78 is 10.3. The number of rotatable bonds is 5. The third-order valence-corrected chi connectivity index (χ3v) is 3.69. The smallest absolute Gasteiger partial charge is 0.340 e. The van der Waals surface area contributed by atoms with E-state index in [-0.39, 0.29) is 0 Å². The molecule has 1 aliphatic rings. The van der Waals surface area contributed by atoms with Gasteiger partial charge in [-0.05, 0) is 31.7 Å². The molecule has 1 aromatic rings. The van der Waals surface area contributed by atoms with Gasteiger partial charge >= 0.3 is 5.97 Å². The van der Waals surface area contributed by atoms with E-state index in [0.29, 0.717) is 29.6 Å². The third kappa shape index (κ3) is 3.64. The van der Waals surface area contributed by atoms with E-state index in [1.54, 1.807) is 26.3 Å². The van der Waals surface area contributed by atoms with Gasteiger partial charge in [0.15, 0.2) is 5.82 Å². The molecule has 2 heterocycles. The molecule has 21 heavy (non-hydrogen) atoms. The fraction of sp³-hybridized carbons (Fsp3) is 0.600. The van der Waals surface area contributed by atoms with Crippen LogP contribution < -0.4 is 10.6 Å². The molecule has 6 heteroatoms. The average molecular weight is 293 g/mol. The van der Waals surface area contributed by atoms with Crippen LogP contribution in [0.1, 0.15) is 30.1 Å². The van der Waals surface area contributed by atoms with Crippen molar-refractivity contribution in [3.63, 3.8) is 0 Å². The summed E-state index contributed by atoms with van der Waals surface area (Å²) in [4.78, 5) is 18.4. The van der Waals surface area contributed by atoms with Crippen molar-refractivity contribution in [2.75, 3.05) is 44.0 Å². The second-order valence-electron chi connectivity index (χ2n) is 5.23. The van der Waals surface area contributed by atoms with Crippen LogP contribution in [0.3, 0.4) is 0 Å². The number of esters is 1. The van der Waals surface area contributed by atoms with Crippen molar-refractivity contribution in [1.29, 1.82) is 0 Å². The Hall–Kier alpha value is -1.82. The van der Waals surface area contributed by atoms with Gasteiger partial charge in [0.1, 0.15) is 0 Å². The molecule has 116 valence electrons. The normalized spacial score (nSPS) is 18.6. The van der Waals surface area contributed by atoms with E-state index in [2.05, 4.69) is 9.88 Å². The molecule has 0 aliphatic carbocycles. The molecular formula is C15H23N3O3. The number of aromatic nitrogens is 1. The second-order valence-corrected chi connectivity index (χ2v) is 5.23. The molecule has 1 unspecified atom stereocenters. The summed E-state index contributed by atoms with van der Waals surface area (Å²) in [6, 6.07) is 1.60. The lowest BCUT2D eigenvalue weighted by Crippen LogP contribution is -2.38. The number of hydrogen-bond acceptors (Lipinski definition) is 6. The lowest BCUT2D eigenvalue weighted by molar-refractivity contribution is 0.0527. The zero-order chi connectivity index (χ0) is 15.2.